The maximum absolute atomic E-state index is 11.4. The molecule has 6 heteroatoms. The highest BCUT2D eigenvalue weighted by atomic mass is 79.9. The molecule has 0 saturated carbocycles. The molecule has 0 aromatic heterocycles. The van der Waals surface area contributed by atoms with Crippen LogP contribution in [-0.4, -0.2) is 33.1 Å². The van der Waals surface area contributed by atoms with Gasteiger partial charge >= 0.3 is 0 Å². The lowest BCUT2D eigenvalue weighted by atomic mass is 10.1. The molecule has 1 aliphatic heterocycles. The molecule has 1 aromatic rings. The van der Waals surface area contributed by atoms with E-state index in [1.165, 1.54) is 0 Å². The maximum Gasteiger partial charge on any atom is 0.150 e. The van der Waals surface area contributed by atoms with Crippen LogP contribution in [0.3, 0.4) is 0 Å². The number of nitrogens with one attached hydrogen (secondary N) is 1. The molecule has 1 unspecified atom stereocenters. The van der Waals surface area contributed by atoms with E-state index in [1.54, 1.807) is 7.11 Å². The van der Waals surface area contributed by atoms with Gasteiger partial charge in [-0.05, 0) is 53.4 Å². The minimum atomic E-state index is -2.80. The minimum Gasteiger partial charge on any atom is -0.496 e. The van der Waals surface area contributed by atoms with Crippen LogP contribution in [0, 0.1) is 0 Å². The lowest BCUT2D eigenvalue weighted by molar-refractivity contribution is 0.408. The van der Waals surface area contributed by atoms with E-state index in [2.05, 4.69) is 28.2 Å². The van der Waals surface area contributed by atoms with Crippen LogP contribution < -0.4 is 10.1 Å². The van der Waals surface area contributed by atoms with Crippen LogP contribution in [0.4, 0.5) is 0 Å². The van der Waals surface area contributed by atoms with Gasteiger partial charge in [-0.25, -0.2) is 8.42 Å². The zero-order valence-corrected chi connectivity index (χ0v) is 14.1. The van der Waals surface area contributed by atoms with Crippen molar-refractivity contribution in [3.05, 3.63) is 28.2 Å². The summed E-state index contributed by atoms with van der Waals surface area (Å²) in [5.74, 6) is 1.40. The average molecular weight is 362 g/mol. The second-order valence-corrected chi connectivity index (χ2v) is 8.37. The van der Waals surface area contributed by atoms with Crippen molar-refractivity contribution in [2.24, 2.45) is 0 Å². The number of methoxy groups -OCH3 is 1. The molecule has 112 valence electrons. The first-order valence-electron chi connectivity index (χ1n) is 6.71. The quantitative estimate of drug-likeness (QED) is 0.895. The molecule has 1 saturated heterocycles. The Morgan fingerprint density at radius 2 is 2.00 bits per heavy atom. The Labute approximate surface area is 129 Å². The van der Waals surface area contributed by atoms with Gasteiger partial charge in [0.2, 0.25) is 0 Å². The number of ether oxygens (including phenoxy) is 1. The maximum atomic E-state index is 11.4. The van der Waals surface area contributed by atoms with Crippen molar-refractivity contribution in [3.8, 4) is 5.75 Å². The fourth-order valence-electron chi connectivity index (χ4n) is 2.46. The Hall–Kier alpha value is -0.590. The molecule has 0 bridgehead atoms. The van der Waals surface area contributed by atoms with E-state index in [0.717, 1.165) is 15.8 Å². The fraction of sp³-hybridized carbons (Fsp3) is 0.571. The van der Waals surface area contributed by atoms with Gasteiger partial charge in [-0.15, -0.1) is 0 Å². The normalized spacial score (nSPS) is 20.6. The molecule has 4 nitrogen and oxygen atoms in total. The van der Waals surface area contributed by atoms with E-state index in [4.69, 9.17) is 4.74 Å². The Morgan fingerprint density at radius 1 is 1.35 bits per heavy atom. The van der Waals surface area contributed by atoms with Crippen molar-refractivity contribution in [1.82, 2.24) is 5.32 Å². The summed E-state index contributed by atoms with van der Waals surface area (Å²) < 4.78 is 29.0. The van der Waals surface area contributed by atoms with Gasteiger partial charge in [-0.1, -0.05) is 6.07 Å². The highest BCUT2D eigenvalue weighted by Gasteiger charge is 2.24. The van der Waals surface area contributed by atoms with E-state index in [0.29, 0.717) is 24.3 Å². The van der Waals surface area contributed by atoms with Crippen molar-refractivity contribution < 1.29 is 13.2 Å². The summed E-state index contributed by atoms with van der Waals surface area (Å²) in [6, 6.07) is 6.46. The van der Waals surface area contributed by atoms with Gasteiger partial charge < -0.3 is 10.1 Å². The summed E-state index contributed by atoms with van der Waals surface area (Å²) in [5, 5.41) is 3.51. The summed E-state index contributed by atoms with van der Waals surface area (Å²) >= 11 is 3.48. The number of hydrogen-bond donors (Lipinski definition) is 1. The van der Waals surface area contributed by atoms with Crippen LogP contribution in [0.5, 0.6) is 5.75 Å². The van der Waals surface area contributed by atoms with Gasteiger partial charge in [0.25, 0.3) is 0 Å². The summed E-state index contributed by atoms with van der Waals surface area (Å²) in [5.41, 5.74) is 1.16. The van der Waals surface area contributed by atoms with Crippen LogP contribution in [0.2, 0.25) is 0 Å². The first kappa shape index (κ1) is 15.8. The lowest BCUT2D eigenvalue weighted by Gasteiger charge is -2.27. The molecule has 2 rings (SSSR count). The van der Waals surface area contributed by atoms with Gasteiger partial charge in [0, 0.05) is 12.1 Å². The van der Waals surface area contributed by atoms with Crippen molar-refractivity contribution >= 4 is 25.8 Å². The zero-order chi connectivity index (χ0) is 14.8. The third-order valence-electron chi connectivity index (χ3n) is 3.72. The molecule has 1 N–H and O–H groups in total. The highest BCUT2D eigenvalue weighted by Crippen LogP contribution is 2.28. The van der Waals surface area contributed by atoms with Gasteiger partial charge in [0.1, 0.15) is 15.6 Å². The molecular formula is C14H20BrNO3S. The summed E-state index contributed by atoms with van der Waals surface area (Å²) in [4.78, 5) is 0. The van der Waals surface area contributed by atoms with Crippen molar-refractivity contribution in [3.63, 3.8) is 0 Å². The Balaban J connectivity index is 1.98. The second-order valence-electron chi connectivity index (χ2n) is 5.21. The molecule has 1 atom stereocenters. The third-order valence-corrected chi connectivity index (χ3v) is 6.05. The fourth-order valence-corrected chi connectivity index (χ4v) is 4.51. The monoisotopic (exact) mass is 361 g/mol. The molecule has 20 heavy (non-hydrogen) atoms. The minimum absolute atomic E-state index is 0.183. The second kappa shape index (κ2) is 6.45. The molecule has 0 aliphatic carbocycles. The summed E-state index contributed by atoms with van der Waals surface area (Å²) in [6.07, 6.45) is 1.40. The number of hydrogen-bond acceptors (Lipinski definition) is 4. The van der Waals surface area contributed by atoms with Crippen molar-refractivity contribution in [1.29, 1.82) is 0 Å². The molecule has 0 spiro atoms. The molecule has 1 aromatic carbocycles. The largest absolute Gasteiger partial charge is 0.496 e. The SMILES string of the molecule is COc1ccc(C(C)NC2CCS(=O)(=O)CC2)cc1Br. The number of sulfone groups is 1. The lowest BCUT2D eigenvalue weighted by Crippen LogP contribution is -2.38. The molecule has 1 fully saturated rings. The number of rotatable bonds is 4. The number of benzene rings is 1. The van der Waals surface area contributed by atoms with Crippen LogP contribution in [0.1, 0.15) is 31.4 Å². The first-order valence-corrected chi connectivity index (χ1v) is 9.32. The molecular weight excluding hydrogens is 342 g/mol. The first-order chi connectivity index (χ1) is 9.41. The average Bonchev–Trinajstić information content (AvgIpc) is 2.41. The Morgan fingerprint density at radius 3 is 2.55 bits per heavy atom. The molecule has 0 amide bonds. The summed E-state index contributed by atoms with van der Waals surface area (Å²) in [7, 11) is -1.15. The summed E-state index contributed by atoms with van der Waals surface area (Å²) in [6.45, 7) is 2.09. The Kier molecular flexibility index (Phi) is 5.09. The Bertz CT molecular complexity index is 560. The van der Waals surface area contributed by atoms with Crippen LogP contribution in [-0.2, 0) is 9.84 Å². The van der Waals surface area contributed by atoms with Crippen molar-refractivity contribution in [2.75, 3.05) is 18.6 Å². The number of halogens is 1. The third kappa shape index (κ3) is 3.96. The standard InChI is InChI=1S/C14H20BrNO3S/c1-10(11-3-4-14(19-2)13(15)9-11)16-12-5-7-20(17,18)8-6-12/h3-4,9-10,12,16H,5-8H2,1-2H3. The van der Waals surface area contributed by atoms with Gasteiger partial charge in [0.15, 0.2) is 0 Å². The molecule has 1 heterocycles. The smallest absolute Gasteiger partial charge is 0.150 e. The molecule has 1 aliphatic rings. The topological polar surface area (TPSA) is 55.4 Å². The van der Waals surface area contributed by atoms with Crippen LogP contribution >= 0.6 is 15.9 Å². The highest BCUT2D eigenvalue weighted by molar-refractivity contribution is 9.10. The van der Waals surface area contributed by atoms with Gasteiger partial charge in [-0.3, -0.25) is 0 Å². The van der Waals surface area contributed by atoms with E-state index in [1.807, 2.05) is 18.2 Å². The molecule has 0 radical (unpaired) electrons. The zero-order valence-electron chi connectivity index (χ0n) is 11.7. The van der Waals surface area contributed by atoms with E-state index < -0.39 is 9.84 Å². The van der Waals surface area contributed by atoms with Crippen molar-refractivity contribution in [2.45, 2.75) is 31.8 Å². The van der Waals surface area contributed by atoms with E-state index in [9.17, 15) is 8.42 Å². The van der Waals surface area contributed by atoms with E-state index >= 15 is 0 Å². The van der Waals surface area contributed by atoms with Crippen LogP contribution in [0.15, 0.2) is 22.7 Å². The van der Waals surface area contributed by atoms with Crippen LogP contribution in [0.25, 0.3) is 0 Å². The van der Waals surface area contributed by atoms with E-state index in [-0.39, 0.29) is 12.1 Å². The predicted molar refractivity (Wildman–Crippen MR) is 83.9 cm³/mol. The van der Waals surface area contributed by atoms with Gasteiger partial charge in [0.05, 0.1) is 23.1 Å². The predicted octanol–water partition coefficient (Wildman–Crippen LogP) is 2.69. The van der Waals surface area contributed by atoms with Gasteiger partial charge in [-0.2, -0.15) is 0 Å².